The third-order valence-corrected chi connectivity index (χ3v) is 1.97. The number of rotatable bonds is 5. The topological polar surface area (TPSA) is 75.9 Å². The predicted molar refractivity (Wildman–Crippen MR) is 58.2 cm³/mol. The zero-order chi connectivity index (χ0) is 10.4. The van der Waals surface area contributed by atoms with Crippen LogP contribution in [0.25, 0.3) is 0 Å². The summed E-state index contributed by atoms with van der Waals surface area (Å²) in [6.07, 6.45) is 3.71. The highest BCUT2D eigenvalue weighted by Gasteiger charge is 2.03. The molecule has 1 aromatic heterocycles. The molecule has 0 aromatic carbocycles. The minimum absolute atomic E-state index is 0.355. The molecule has 0 aliphatic rings. The van der Waals surface area contributed by atoms with Crippen molar-refractivity contribution in [2.75, 3.05) is 17.3 Å². The first-order chi connectivity index (χ1) is 6.77. The van der Waals surface area contributed by atoms with Crippen LogP contribution in [0, 0.1) is 0 Å². The number of anilines is 2. The lowest BCUT2D eigenvalue weighted by Gasteiger charge is -2.07. The zero-order valence-electron chi connectivity index (χ0n) is 8.05. The highest BCUT2D eigenvalue weighted by molar-refractivity contribution is 6.32. The van der Waals surface area contributed by atoms with Gasteiger partial charge in [-0.1, -0.05) is 24.9 Å². The van der Waals surface area contributed by atoms with Gasteiger partial charge in [-0.2, -0.15) is 4.98 Å². The number of aromatic nitrogens is 2. The van der Waals surface area contributed by atoms with Gasteiger partial charge >= 0.3 is 0 Å². The SMILES string of the molecule is CCCCNc1nc(NN)ncc1Cl. The summed E-state index contributed by atoms with van der Waals surface area (Å²) >= 11 is 5.88. The van der Waals surface area contributed by atoms with E-state index in [1.807, 2.05) is 0 Å². The molecule has 0 amide bonds. The maximum Gasteiger partial charge on any atom is 0.239 e. The molecule has 0 saturated carbocycles. The van der Waals surface area contributed by atoms with E-state index in [1.54, 1.807) is 0 Å². The summed E-state index contributed by atoms with van der Waals surface area (Å²) in [5.74, 6) is 6.15. The average molecular weight is 216 g/mol. The fourth-order valence-electron chi connectivity index (χ4n) is 0.944. The van der Waals surface area contributed by atoms with Crippen LogP contribution in [-0.4, -0.2) is 16.5 Å². The largest absolute Gasteiger partial charge is 0.369 e. The van der Waals surface area contributed by atoms with Gasteiger partial charge in [0.15, 0.2) is 5.82 Å². The van der Waals surface area contributed by atoms with E-state index in [9.17, 15) is 0 Å². The van der Waals surface area contributed by atoms with E-state index < -0.39 is 0 Å². The predicted octanol–water partition coefficient (Wildman–Crippen LogP) is 1.63. The van der Waals surface area contributed by atoms with Crippen molar-refractivity contribution in [2.45, 2.75) is 19.8 Å². The van der Waals surface area contributed by atoms with Crippen molar-refractivity contribution in [2.24, 2.45) is 5.84 Å². The van der Waals surface area contributed by atoms with Crippen LogP contribution in [0.2, 0.25) is 5.02 Å². The molecule has 1 aromatic rings. The fraction of sp³-hybridized carbons (Fsp3) is 0.500. The lowest BCUT2D eigenvalue weighted by molar-refractivity contribution is 0.830. The second-order valence-corrected chi connectivity index (χ2v) is 3.22. The lowest BCUT2D eigenvalue weighted by Crippen LogP contribution is -2.12. The van der Waals surface area contributed by atoms with Gasteiger partial charge < -0.3 is 5.32 Å². The summed E-state index contributed by atoms with van der Waals surface area (Å²) < 4.78 is 0. The Labute approximate surface area is 88.0 Å². The lowest BCUT2D eigenvalue weighted by atomic mass is 10.3. The van der Waals surface area contributed by atoms with Gasteiger partial charge in [0.25, 0.3) is 0 Å². The summed E-state index contributed by atoms with van der Waals surface area (Å²) in [7, 11) is 0. The zero-order valence-corrected chi connectivity index (χ0v) is 8.80. The van der Waals surface area contributed by atoms with Crippen molar-refractivity contribution in [3.05, 3.63) is 11.2 Å². The number of nitrogens with zero attached hydrogens (tertiary/aromatic N) is 2. The average Bonchev–Trinajstić information content (AvgIpc) is 2.21. The molecule has 0 spiro atoms. The van der Waals surface area contributed by atoms with Crippen molar-refractivity contribution >= 4 is 23.4 Å². The van der Waals surface area contributed by atoms with Crippen molar-refractivity contribution in [3.8, 4) is 0 Å². The summed E-state index contributed by atoms with van der Waals surface area (Å²) in [4.78, 5) is 7.94. The number of hydrogen-bond acceptors (Lipinski definition) is 5. The minimum Gasteiger partial charge on any atom is -0.369 e. The number of hydrazine groups is 1. The van der Waals surface area contributed by atoms with Crippen molar-refractivity contribution in [3.63, 3.8) is 0 Å². The Morgan fingerprint density at radius 3 is 3.00 bits per heavy atom. The van der Waals surface area contributed by atoms with Gasteiger partial charge in [-0.25, -0.2) is 10.8 Å². The molecular weight excluding hydrogens is 202 g/mol. The van der Waals surface area contributed by atoms with Gasteiger partial charge in [0.05, 0.1) is 6.20 Å². The van der Waals surface area contributed by atoms with Crippen LogP contribution in [0.5, 0.6) is 0 Å². The van der Waals surface area contributed by atoms with E-state index in [4.69, 9.17) is 17.4 Å². The van der Waals surface area contributed by atoms with Crippen LogP contribution in [0.4, 0.5) is 11.8 Å². The molecule has 14 heavy (non-hydrogen) atoms. The molecule has 0 unspecified atom stereocenters. The molecule has 4 N–H and O–H groups in total. The Bertz CT molecular complexity index is 291. The van der Waals surface area contributed by atoms with Crippen LogP contribution in [0.1, 0.15) is 19.8 Å². The van der Waals surface area contributed by atoms with Gasteiger partial charge in [-0.15, -0.1) is 0 Å². The van der Waals surface area contributed by atoms with E-state index in [0.717, 1.165) is 19.4 Å². The number of halogens is 1. The van der Waals surface area contributed by atoms with Crippen molar-refractivity contribution in [1.82, 2.24) is 9.97 Å². The van der Waals surface area contributed by atoms with E-state index >= 15 is 0 Å². The molecule has 1 rings (SSSR count). The summed E-state index contributed by atoms with van der Waals surface area (Å²) in [5.41, 5.74) is 2.36. The standard InChI is InChI=1S/C8H14ClN5/c1-2-3-4-11-7-6(9)5-12-8(13-7)14-10/h5H,2-4,10H2,1H3,(H2,11,12,13,14). The van der Waals surface area contributed by atoms with E-state index in [2.05, 4.69) is 27.6 Å². The molecule has 78 valence electrons. The monoisotopic (exact) mass is 215 g/mol. The van der Waals surface area contributed by atoms with Crippen LogP contribution in [0.3, 0.4) is 0 Å². The van der Waals surface area contributed by atoms with Gasteiger partial charge in [0, 0.05) is 6.54 Å². The first-order valence-electron chi connectivity index (χ1n) is 4.51. The van der Waals surface area contributed by atoms with E-state index in [1.165, 1.54) is 6.20 Å². The molecule has 6 heteroatoms. The highest BCUT2D eigenvalue weighted by atomic mass is 35.5. The van der Waals surface area contributed by atoms with Gasteiger partial charge in [0.2, 0.25) is 5.95 Å². The van der Waals surface area contributed by atoms with E-state index in [-0.39, 0.29) is 0 Å². The van der Waals surface area contributed by atoms with Gasteiger partial charge in [-0.3, -0.25) is 5.43 Å². The Morgan fingerprint density at radius 1 is 1.57 bits per heavy atom. The fourth-order valence-corrected chi connectivity index (χ4v) is 1.10. The normalized spacial score (nSPS) is 9.93. The smallest absolute Gasteiger partial charge is 0.239 e. The first kappa shape index (κ1) is 11.0. The van der Waals surface area contributed by atoms with Crippen molar-refractivity contribution in [1.29, 1.82) is 0 Å². The molecule has 0 aliphatic heterocycles. The summed E-state index contributed by atoms with van der Waals surface area (Å²) in [6.45, 7) is 2.97. The minimum atomic E-state index is 0.355. The van der Waals surface area contributed by atoms with Gasteiger partial charge in [-0.05, 0) is 6.42 Å². The summed E-state index contributed by atoms with van der Waals surface area (Å²) in [6, 6.07) is 0. The first-order valence-corrected chi connectivity index (χ1v) is 4.88. The molecule has 0 atom stereocenters. The third kappa shape index (κ3) is 3.01. The molecule has 0 fully saturated rings. The van der Waals surface area contributed by atoms with Gasteiger partial charge in [0.1, 0.15) is 5.02 Å². The summed E-state index contributed by atoms with van der Waals surface area (Å²) in [5, 5.41) is 3.61. The Balaban J connectivity index is 2.64. The van der Waals surface area contributed by atoms with E-state index in [0.29, 0.717) is 16.8 Å². The molecule has 0 radical (unpaired) electrons. The number of hydrogen-bond donors (Lipinski definition) is 3. The number of nitrogens with one attached hydrogen (secondary N) is 2. The molecule has 0 saturated heterocycles. The van der Waals surface area contributed by atoms with Crippen LogP contribution < -0.4 is 16.6 Å². The quantitative estimate of drug-likeness (QED) is 0.396. The number of unbranched alkanes of at least 4 members (excludes halogenated alkanes) is 1. The second kappa shape index (κ2) is 5.62. The third-order valence-electron chi connectivity index (χ3n) is 1.70. The Kier molecular flexibility index (Phi) is 4.42. The second-order valence-electron chi connectivity index (χ2n) is 2.81. The maximum absolute atomic E-state index is 5.88. The number of nitrogen functional groups attached to an aromatic ring is 1. The van der Waals surface area contributed by atoms with Crippen molar-refractivity contribution < 1.29 is 0 Å². The van der Waals surface area contributed by atoms with Crippen LogP contribution >= 0.6 is 11.6 Å². The molecule has 5 nitrogen and oxygen atoms in total. The highest BCUT2D eigenvalue weighted by Crippen LogP contribution is 2.18. The van der Waals surface area contributed by atoms with Crippen LogP contribution in [-0.2, 0) is 0 Å². The molecule has 0 aliphatic carbocycles. The maximum atomic E-state index is 5.88. The molecule has 1 heterocycles. The Morgan fingerprint density at radius 2 is 2.36 bits per heavy atom. The molecular formula is C8H14ClN5. The Hall–Kier alpha value is -1.07. The van der Waals surface area contributed by atoms with Crippen LogP contribution in [0.15, 0.2) is 6.20 Å². The number of nitrogens with two attached hydrogens (primary N) is 1. The molecule has 0 bridgehead atoms.